The van der Waals surface area contributed by atoms with Crippen molar-refractivity contribution in [2.24, 2.45) is 0 Å². The molecule has 2 heterocycles. The minimum absolute atomic E-state index is 0.0992. The van der Waals surface area contributed by atoms with Crippen LogP contribution in [0.15, 0.2) is 170 Å². The summed E-state index contributed by atoms with van der Waals surface area (Å²) in [6, 6.07) is 58.4. The third-order valence-electron chi connectivity index (χ3n) is 11.1. The van der Waals surface area contributed by atoms with Crippen LogP contribution in [0.1, 0.15) is 63.8 Å². The summed E-state index contributed by atoms with van der Waals surface area (Å²) in [4.78, 5) is 0. The van der Waals surface area contributed by atoms with E-state index in [1.807, 2.05) is 0 Å². The van der Waals surface area contributed by atoms with Crippen molar-refractivity contribution in [1.29, 1.82) is 0 Å². The Morgan fingerprint density at radius 1 is 0.339 bits per heavy atom. The lowest BCUT2D eigenvalue weighted by Crippen LogP contribution is -2.10. The number of aromatic nitrogens is 2. The van der Waals surface area contributed by atoms with Gasteiger partial charge in [0.25, 0.3) is 0 Å². The molecule has 0 saturated heterocycles. The molecule has 0 bridgehead atoms. The third-order valence-corrected chi connectivity index (χ3v) is 11.1. The van der Waals surface area contributed by atoms with Crippen molar-refractivity contribution in [3.63, 3.8) is 0 Å². The molecule has 8 aromatic rings. The second kappa shape index (κ2) is 14.5. The van der Waals surface area contributed by atoms with Crippen molar-refractivity contribution in [3.05, 3.63) is 192 Å². The molecule has 0 N–H and O–H groups in total. The van der Waals surface area contributed by atoms with Gasteiger partial charge in [-0.25, -0.2) is 0 Å². The molecule has 6 aromatic carbocycles. The number of aryl methyl sites for hydroxylation is 2. The minimum Gasteiger partial charge on any atom is -0.316 e. The SMILES string of the molecule is Cc1cccc(-c2c(-c3cccc(-c4cccc(-c5ccn(-c6ccc(C(C)(C)C)cc6)c5-c5cccc(C)c5)c4)c3)ccn2-c2ccc(C(C)(C)C)cc2)c1. The van der Waals surface area contributed by atoms with Crippen LogP contribution in [0.5, 0.6) is 0 Å². The zero-order chi connectivity index (χ0) is 39.2. The van der Waals surface area contributed by atoms with Crippen LogP contribution in [0.25, 0.3) is 67.3 Å². The van der Waals surface area contributed by atoms with Crippen molar-refractivity contribution >= 4 is 0 Å². The molecule has 0 atom stereocenters. The molecule has 0 spiro atoms. The maximum atomic E-state index is 2.35. The van der Waals surface area contributed by atoms with Crippen molar-refractivity contribution in [2.45, 2.75) is 66.2 Å². The summed E-state index contributed by atoms with van der Waals surface area (Å²) in [5.41, 5.74) is 19.7. The van der Waals surface area contributed by atoms with Crippen LogP contribution in [-0.2, 0) is 10.8 Å². The van der Waals surface area contributed by atoms with Crippen LogP contribution in [0.2, 0.25) is 0 Å². The van der Waals surface area contributed by atoms with E-state index in [2.05, 4.69) is 235 Å². The second-order valence-electron chi connectivity index (χ2n) is 17.4. The normalized spacial score (nSPS) is 11.9. The highest BCUT2D eigenvalue weighted by Crippen LogP contribution is 2.40. The van der Waals surface area contributed by atoms with E-state index in [4.69, 9.17) is 0 Å². The third kappa shape index (κ3) is 7.32. The number of rotatable bonds is 7. The molecule has 0 radical (unpaired) electrons. The van der Waals surface area contributed by atoms with E-state index in [-0.39, 0.29) is 10.8 Å². The van der Waals surface area contributed by atoms with Gasteiger partial charge in [-0.2, -0.15) is 0 Å². The van der Waals surface area contributed by atoms with E-state index in [0.29, 0.717) is 0 Å². The van der Waals surface area contributed by atoms with Crippen LogP contribution < -0.4 is 0 Å². The van der Waals surface area contributed by atoms with Crippen molar-refractivity contribution in [2.75, 3.05) is 0 Å². The van der Waals surface area contributed by atoms with Gasteiger partial charge in [-0.15, -0.1) is 0 Å². The van der Waals surface area contributed by atoms with Gasteiger partial charge in [-0.3, -0.25) is 0 Å². The number of hydrogen-bond acceptors (Lipinski definition) is 0. The van der Waals surface area contributed by atoms with E-state index < -0.39 is 0 Å². The molecule has 0 aliphatic heterocycles. The molecule has 2 aromatic heterocycles. The van der Waals surface area contributed by atoms with Gasteiger partial charge in [-0.1, -0.05) is 150 Å². The molecule has 0 unspecified atom stereocenters. The van der Waals surface area contributed by atoms with Gasteiger partial charge >= 0.3 is 0 Å². The Morgan fingerprint density at radius 2 is 0.679 bits per heavy atom. The largest absolute Gasteiger partial charge is 0.316 e. The second-order valence-corrected chi connectivity index (χ2v) is 17.4. The minimum atomic E-state index is 0.0992. The molecule has 0 saturated carbocycles. The van der Waals surface area contributed by atoms with Crippen molar-refractivity contribution in [1.82, 2.24) is 9.13 Å². The molecule has 56 heavy (non-hydrogen) atoms. The van der Waals surface area contributed by atoms with E-state index >= 15 is 0 Å². The van der Waals surface area contributed by atoms with Crippen LogP contribution in [-0.4, -0.2) is 9.13 Å². The lowest BCUT2D eigenvalue weighted by Gasteiger charge is -2.20. The van der Waals surface area contributed by atoms with Crippen LogP contribution in [0.3, 0.4) is 0 Å². The quantitative estimate of drug-likeness (QED) is 0.155. The van der Waals surface area contributed by atoms with E-state index in [1.165, 1.54) is 78.1 Å². The van der Waals surface area contributed by atoms with Gasteiger partial charge in [0.1, 0.15) is 0 Å². The molecule has 0 aliphatic carbocycles. The van der Waals surface area contributed by atoms with Gasteiger partial charge < -0.3 is 9.13 Å². The fraction of sp³-hybridized carbons (Fsp3) is 0.185. The summed E-state index contributed by atoms with van der Waals surface area (Å²) < 4.78 is 4.69. The topological polar surface area (TPSA) is 9.86 Å². The van der Waals surface area contributed by atoms with Gasteiger partial charge in [-0.05, 0) is 130 Å². The molecule has 0 amide bonds. The summed E-state index contributed by atoms with van der Waals surface area (Å²) in [6.07, 6.45) is 4.45. The Morgan fingerprint density at radius 3 is 1.04 bits per heavy atom. The van der Waals surface area contributed by atoms with Gasteiger partial charge in [0.2, 0.25) is 0 Å². The first-order valence-electron chi connectivity index (χ1n) is 19.8. The van der Waals surface area contributed by atoms with E-state index in [1.54, 1.807) is 0 Å². The first-order chi connectivity index (χ1) is 26.8. The van der Waals surface area contributed by atoms with E-state index in [9.17, 15) is 0 Å². The van der Waals surface area contributed by atoms with Crippen molar-refractivity contribution in [3.8, 4) is 67.3 Å². The monoisotopic (exact) mass is 728 g/mol. The van der Waals surface area contributed by atoms with Gasteiger partial charge in [0.15, 0.2) is 0 Å². The fourth-order valence-corrected chi connectivity index (χ4v) is 7.91. The lowest BCUT2D eigenvalue weighted by molar-refractivity contribution is 0.590. The summed E-state index contributed by atoms with van der Waals surface area (Å²) in [5, 5.41) is 0. The predicted molar refractivity (Wildman–Crippen MR) is 239 cm³/mol. The Kier molecular flexibility index (Phi) is 9.54. The Hall–Kier alpha value is -6.12. The molecular formula is C54H52N2. The number of benzene rings is 6. The van der Waals surface area contributed by atoms with Crippen LogP contribution in [0.4, 0.5) is 0 Å². The smallest absolute Gasteiger partial charge is 0.0606 e. The molecule has 278 valence electrons. The zero-order valence-electron chi connectivity index (χ0n) is 34.1. The number of nitrogens with zero attached hydrogens (tertiary/aromatic N) is 2. The first-order valence-corrected chi connectivity index (χ1v) is 19.8. The Balaban J connectivity index is 1.21. The predicted octanol–water partition coefficient (Wildman–Crippen LogP) is 14.8. The molecule has 0 fully saturated rings. The van der Waals surface area contributed by atoms with Gasteiger partial charge in [0, 0.05) is 34.9 Å². The fourth-order valence-electron chi connectivity index (χ4n) is 7.91. The molecule has 2 heteroatoms. The Labute approximate surface area is 333 Å². The van der Waals surface area contributed by atoms with E-state index in [0.717, 1.165) is 11.4 Å². The average molecular weight is 729 g/mol. The van der Waals surface area contributed by atoms with Crippen molar-refractivity contribution < 1.29 is 0 Å². The summed E-state index contributed by atoms with van der Waals surface area (Å²) >= 11 is 0. The highest BCUT2D eigenvalue weighted by molar-refractivity contribution is 5.88. The highest BCUT2D eigenvalue weighted by Gasteiger charge is 2.20. The molecule has 0 aliphatic rings. The maximum Gasteiger partial charge on any atom is 0.0606 e. The zero-order valence-corrected chi connectivity index (χ0v) is 34.1. The van der Waals surface area contributed by atoms with Gasteiger partial charge in [0.05, 0.1) is 11.4 Å². The molecule has 2 nitrogen and oxygen atoms in total. The summed E-state index contributed by atoms with van der Waals surface area (Å²) in [6.45, 7) is 17.9. The van der Waals surface area contributed by atoms with Crippen LogP contribution in [0, 0.1) is 13.8 Å². The summed E-state index contributed by atoms with van der Waals surface area (Å²) in [7, 11) is 0. The van der Waals surface area contributed by atoms with Crippen LogP contribution >= 0.6 is 0 Å². The Bertz CT molecular complexity index is 2460. The number of hydrogen-bond donors (Lipinski definition) is 0. The molecular weight excluding hydrogens is 677 g/mol. The molecule has 8 rings (SSSR count). The average Bonchev–Trinajstić information content (AvgIpc) is 3.84. The maximum absolute atomic E-state index is 2.35. The highest BCUT2D eigenvalue weighted by atomic mass is 15.0. The summed E-state index contributed by atoms with van der Waals surface area (Å²) in [5.74, 6) is 0. The lowest BCUT2D eigenvalue weighted by atomic mass is 9.87. The first kappa shape index (κ1) is 36.8. The standard InChI is InChI=1S/C54H52N2/c1-37-13-9-19-43(33-37)51-49(29-31-55(51)47-25-21-45(22-26-47)53(3,4)5)41-17-11-15-39(35-41)40-16-12-18-42(36-40)50-30-32-56(52(50)44-20-10-14-38(2)34-44)48-27-23-46(24-28-48)54(6,7)8/h9-36H,1-8H3.